The summed E-state index contributed by atoms with van der Waals surface area (Å²) in [5.41, 5.74) is 0.480. The fraction of sp³-hybridized carbons (Fsp3) is 0.125. The van der Waals surface area contributed by atoms with Crippen molar-refractivity contribution in [3.63, 3.8) is 0 Å². The third-order valence-corrected chi connectivity index (χ3v) is 2.63. The molecule has 2 rings (SSSR count). The number of benzene rings is 2. The monoisotopic (exact) mass is 363 g/mol. The Balaban J connectivity index is 0.000000403. The summed E-state index contributed by atoms with van der Waals surface area (Å²) in [6.45, 7) is 0. The summed E-state index contributed by atoms with van der Waals surface area (Å²) < 4.78 is 9.68. The minimum atomic E-state index is -0.941. The molecule has 23 heavy (non-hydrogen) atoms. The molecule has 2 aromatic rings. The van der Waals surface area contributed by atoms with Gasteiger partial charge in [0.15, 0.2) is 0 Å². The molecular formula is C16H16CoO6. The Bertz CT molecular complexity index is 599. The summed E-state index contributed by atoms with van der Waals surface area (Å²) in [6, 6.07) is 12.7. The Labute approximate surface area is 143 Å². The van der Waals surface area contributed by atoms with E-state index in [9.17, 15) is 9.59 Å². The van der Waals surface area contributed by atoms with E-state index in [1.807, 2.05) is 0 Å². The zero-order valence-corrected chi connectivity index (χ0v) is 13.5. The van der Waals surface area contributed by atoms with Gasteiger partial charge in [0.2, 0.25) is 0 Å². The fourth-order valence-electron chi connectivity index (χ4n) is 1.51. The molecule has 1 radical (unpaired) electrons. The number of rotatable bonds is 4. The summed E-state index contributed by atoms with van der Waals surface area (Å²) in [5, 5.41) is 17.1. The molecule has 0 aliphatic carbocycles. The molecule has 0 aliphatic rings. The van der Waals surface area contributed by atoms with Crippen LogP contribution in [0.2, 0.25) is 0 Å². The Morgan fingerprint density at radius 3 is 1.39 bits per heavy atom. The number of carbonyl (C=O) groups is 2. The Morgan fingerprint density at radius 2 is 1.13 bits per heavy atom. The molecule has 0 aromatic heterocycles. The number of carboxylic acid groups (broad SMARTS) is 2. The second kappa shape index (κ2) is 10.3. The average molecular weight is 363 g/mol. The molecule has 0 aliphatic heterocycles. The van der Waals surface area contributed by atoms with E-state index in [0.29, 0.717) is 11.5 Å². The normalized spacial score (nSPS) is 8.78. The minimum Gasteiger partial charge on any atom is -0.497 e. The maximum Gasteiger partial charge on any atom is 0.335 e. The zero-order chi connectivity index (χ0) is 16.5. The first kappa shape index (κ1) is 20.5. The summed E-state index contributed by atoms with van der Waals surface area (Å²) >= 11 is 0. The first-order chi connectivity index (χ1) is 10.5. The van der Waals surface area contributed by atoms with Crippen LogP contribution in [0.5, 0.6) is 11.5 Å². The van der Waals surface area contributed by atoms with Crippen LogP contribution in [0, 0.1) is 0 Å². The van der Waals surface area contributed by atoms with Gasteiger partial charge in [-0.25, -0.2) is 9.59 Å². The summed E-state index contributed by atoms with van der Waals surface area (Å²) in [7, 11) is 3.00. The standard InChI is InChI=1S/2C8H8O3.Co/c2*1-11-7-4-2-3-6(5-7)8(9)10;/h2*2-5H,1H3,(H,9,10);. The molecule has 2 aromatic carbocycles. The van der Waals surface area contributed by atoms with Crippen molar-refractivity contribution in [1.82, 2.24) is 0 Å². The van der Waals surface area contributed by atoms with Crippen LogP contribution in [-0.4, -0.2) is 36.4 Å². The predicted molar refractivity (Wildman–Crippen MR) is 79.9 cm³/mol. The van der Waals surface area contributed by atoms with Crippen molar-refractivity contribution in [1.29, 1.82) is 0 Å². The van der Waals surface area contributed by atoms with E-state index >= 15 is 0 Å². The maximum atomic E-state index is 10.4. The first-order valence-electron chi connectivity index (χ1n) is 6.22. The Hall–Kier alpha value is -2.51. The third kappa shape index (κ3) is 6.85. The van der Waals surface area contributed by atoms with E-state index < -0.39 is 11.9 Å². The molecular weight excluding hydrogens is 347 g/mol. The van der Waals surface area contributed by atoms with Gasteiger partial charge in [0, 0.05) is 16.8 Å². The van der Waals surface area contributed by atoms with E-state index in [1.54, 1.807) is 24.3 Å². The molecule has 0 spiro atoms. The average Bonchev–Trinajstić information content (AvgIpc) is 2.55. The van der Waals surface area contributed by atoms with Crippen LogP contribution >= 0.6 is 0 Å². The first-order valence-corrected chi connectivity index (χ1v) is 6.22. The zero-order valence-electron chi connectivity index (χ0n) is 12.5. The van der Waals surface area contributed by atoms with Gasteiger partial charge >= 0.3 is 11.9 Å². The largest absolute Gasteiger partial charge is 0.497 e. The molecule has 6 nitrogen and oxygen atoms in total. The molecule has 125 valence electrons. The third-order valence-electron chi connectivity index (χ3n) is 2.63. The summed E-state index contributed by atoms with van der Waals surface area (Å²) in [4.78, 5) is 20.8. The minimum absolute atomic E-state index is 0. The van der Waals surface area contributed by atoms with Crippen molar-refractivity contribution in [2.75, 3.05) is 14.2 Å². The van der Waals surface area contributed by atoms with E-state index in [1.165, 1.54) is 38.5 Å². The molecule has 0 fully saturated rings. The molecule has 0 saturated carbocycles. The molecule has 0 unspecified atom stereocenters. The molecule has 2 N–H and O–H groups in total. The van der Waals surface area contributed by atoms with Gasteiger partial charge in [-0.05, 0) is 36.4 Å². The van der Waals surface area contributed by atoms with E-state index in [0.717, 1.165) is 0 Å². The van der Waals surface area contributed by atoms with Crippen LogP contribution in [0.4, 0.5) is 0 Å². The van der Waals surface area contributed by atoms with Crippen LogP contribution in [-0.2, 0) is 16.8 Å². The number of hydrogen-bond acceptors (Lipinski definition) is 4. The summed E-state index contributed by atoms with van der Waals surface area (Å²) in [5.74, 6) is -0.761. The molecule has 0 atom stereocenters. The van der Waals surface area contributed by atoms with Crippen molar-refractivity contribution in [3.8, 4) is 11.5 Å². The van der Waals surface area contributed by atoms with Crippen molar-refractivity contribution < 1.29 is 46.1 Å². The van der Waals surface area contributed by atoms with Gasteiger partial charge in [-0.3, -0.25) is 0 Å². The molecule has 0 amide bonds. The van der Waals surface area contributed by atoms with E-state index in [4.69, 9.17) is 19.7 Å². The fourth-order valence-corrected chi connectivity index (χ4v) is 1.51. The van der Waals surface area contributed by atoms with E-state index in [-0.39, 0.29) is 27.9 Å². The number of carboxylic acids is 2. The number of aromatic carboxylic acids is 2. The maximum absolute atomic E-state index is 10.4. The van der Waals surface area contributed by atoms with Crippen molar-refractivity contribution >= 4 is 11.9 Å². The van der Waals surface area contributed by atoms with Crippen LogP contribution in [0.15, 0.2) is 48.5 Å². The Morgan fingerprint density at radius 1 is 0.783 bits per heavy atom. The van der Waals surface area contributed by atoms with Gasteiger partial charge in [0.05, 0.1) is 25.3 Å². The van der Waals surface area contributed by atoms with Gasteiger partial charge in [0.25, 0.3) is 0 Å². The van der Waals surface area contributed by atoms with Crippen molar-refractivity contribution in [2.45, 2.75) is 0 Å². The van der Waals surface area contributed by atoms with Crippen molar-refractivity contribution in [3.05, 3.63) is 59.7 Å². The van der Waals surface area contributed by atoms with Crippen LogP contribution in [0.25, 0.3) is 0 Å². The van der Waals surface area contributed by atoms with Gasteiger partial charge in [-0.2, -0.15) is 0 Å². The van der Waals surface area contributed by atoms with Crippen LogP contribution in [0.1, 0.15) is 20.7 Å². The molecule has 0 bridgehead atoms. The van der Waals surface area contributed by atoms with E-state index in [2.05, 4.69) is 0 Å². The predicted octanol–water partition coefficient (Wildman–Crippen LogP) is 2.78. The molecule has 0 saturated heterocycles. The second-order valence-electron chi connectivity index (χ2n) is 4.07. The SMILES string of the molecule is COc1cccc(C(=O)O)c1.COc1cccc(C(=O)O)c1.[Co]. The number of ether oxygens (including phenoxy) is 2. The smallest absolute Gasteiger partial charge is 0.335 e. The number of methoxy groups -OCH3 is 2. The summed E-state index contributed by atoms with van der Waals surface area (Å²) in [6.07, 6.45) is 0. The Kier molecular flexibility index (Phi) is 9.13. The van der Waals surface area contributed by atoms with Crippen LogP contribution < -0.4 is 9.47 Å². The topological polar surface area (TPSA) is 93.1 Å². The van der Waals surface area contributed by atoms with Gasteiger partial charge in [0.1, 0.15) is 11.5 Å². The van der Waals surface area contributed by atoms with Crippen LogP contribution in [0.3, 0.4) is 0 Å². The second-order valence-corrected chi connectivity index (χ2v) is 4.07. The van der Waals surface area contributed by atoms with Gasteiger partial charge in [-0.1, -0.05) is 12.1 Å². The van der Waals surface area contributed by atoms with Gasteiger partial charge in [-0.15, -0.1) is 0 Å². The van der Waals surface area contributed by atoms with Crippen molar-refractivity contribution in [2.24, 2.45) is 0 Å². The van der Waals surface area contributed by atoms with Gasteiger partial charge < -0.3 is 19.7 Å². The molecule has 7 heteroatoms. The molecule has 0 heterocycles. The number of hydrogen-bond donors (Lipinski definition) is 2. The quantitative estimate of drug-likeness (QED) is 0.868.